The molecule has 1 amide bonds. The van der Waals surface area contributed by atoms with E-state index in [0.717, 1.165) is 49.4 Å². The summed E-state index contributed by atoms with van der Waals surface area (Å²) >= 11 is 3.58. The summed E-state index contributed by atoms with van der Waals surface area (Å²) in [5.74, 6) is 0.255. The monoisotopic (exact) mass is 383 g/mol. The third-order valence-electron chi connectivity index (χ3n) is 5.41. The van der Waals surface area contributed by atoms with Crippen molar-refractivity contribution < 1.29 is 4.79 Å². The van der Waals surface area contributed by atoms with Crippen LogP contribution in [-0.2, 0) is 17.8 Å². The Kier molecular flexibility index (Phi) is 4.27. The molecule has 4 nitrogen and oxygen atoms in total. The van der Waals surface area contributed by atoms with Gasteiger partial charge in [0.05, 0.1) is 22.8 Å². The van der Waals surface area contributed by atoms with Crippen molar-refractivity contribution in [1.29, 1.82) is 0 Å². The Morgan fingerprint density at radius 2 is 2.15 bits per heavy atom. The highest BCUT2D eigenvalue weighted by molar-refractivity contribution is 7.18. The molecule has 2 aromatic heterocycles. The molecule has 3 aromatic rings. The van der Waals surface area contributed by atoms with E-state index < -0.39 is 0 Å². The molecule has 1 atom stereocenters. The summed E-state index contributed by atoms with van der Waals surface area (Å²) in [6, 6.07) is 10.6. The zero-order valence-corrected chi connectivity index (χ0v) is 16.2. The molecule has 6 heteroatoms. The van der Waals surface area contributed by atoms with E-state index in [9.17, 15) is 4.79 Å². The number of benzene rings is 1. The lowest BCUT2D eigenvalue weighted by molar-refractivity contribution is -0.133. The summed E-state index contributed by atoms with van der Waals surface area (Å²) in [4.78, 5) is 23.7. The van der Waals surface area contributed by atoms with Crippen LogP contribution in [0.4, 0.5) is 0 Å². The number of amides is 1. The molecule has 0 radical (unpaired) electrons. The molecule has 0 saturated carbocycles. The largest absolute Gasteiger partial charge is 0.332 e. The molecule has 4 heterocycles. The van der Waals surface area contributed by atoms with Crippen LogP contribution in [0.3, 0.4) is 0 Å². The number of aromatic nitrogens is 1. The SMILES string of the molecule is O=C(CN1CCc2sccc2C1)N1CCCC1c1nc2ccccc2s1. The molecular weight excluding hydrogens is 362 g/mol. The van der Waals surface area contributed by atoms with Crippen molar-refractivity contribution in [2.75, 3.05) is 19.6 Å². The van der Waals surface area contributed by atoms with Crippen LogP contribution in [0.1, 0.15) is 34.3 Å². The number of hydrogen-bond donors (Lipinski definition) is 0. The molecular formula is C20H21N3OS2. The van der Waals surface area contributed by atoms with Crippen molar-refractivity contribution in [1.82, 2.24) is 14.8 Å². The smallest absolute Gasteiger partial charge is 0.237 e. The molecule has 0 bridgehead atoms. The highest BCUT2D eigenvalue weighted by Gasteiger charge is 2.33. The molecule has 1 aromatic carbocycles. The van der Waals surface area contributed by atoms with Gasteiger partial charge in [-0.25, -0.2) is 4.98 Å². The second-order valence-electron chi connectivity index (χ2n) is 7.09. The molecule has 2 aliphatic heterocycles. The number of carbonyl (C=O) groups is 1. The van der Waals surface area contributed by atoms with E-state index in [2.05, 4.69) is 39.4 Å². The first-order chi connectivity index (χ1) is 12.8. The van der Waals surface area contributed by atoms with E-state index >= 15 is 0 Å². The summed E-state index contributed by atoms with van der Waals surface area (Å²) in [5, 5.41) is 3.26. The number of para-hydroxylation sites is 1. The van der Waals surface area contributed by atoms with Gasteiger partial charge < -0.3 is 4.90 Å². The van der Waals surface area contributed by atoms with Crippen LogP contribution >= 0.6 is 22.7 Å². The fourth-order valence-electron chi connectivity index (χ4n) is 4.08. The zero-order valence-electron chi connectivity index (χ0n) is 14.6. The third-order valence-corrected chi connectivity index (χ3v) is 7.57. The highest BCUT2D eigenvalue weighted by Crippen LogP contribution is 2.36. The average molecular weight is 384 g/mol. The van der Waals surface area contributed by atoms with Gasteiger partial charge in [0.15, 0.2) is 0 Å². The minimum absolute atomic E-state index is 0.154. The minimum Gasteiger partial charge on any atom is -0.332 e. The fraction of sp³-hybridized carbons (Fsp3) is 0.400. The first-order valence-corrected chi connectivity index (χ1v) is 10.9. The molecule has 1 fully saturated rings. The number of rotatable bonds is 3. The number of thiazole rings is 1. The summed E-state index contributed by atoms with van der Waals surface area (Å²) in [7, 11) is 0. The average Bonchev–Trinajstić information content (AvgIpc) is 3.38. The molecule has 1 saturated heterocycles. The summed E-state index contributed by atoms with van der Waals surface area (Å²) < 4.78 is 1.21. The van der Waals surface area contributed by atoms with Crippen LogP contribution in [0.25, 0.3) is 10.2 Å². The predicted octanol–water partition coefficient (Wildman–Crippen LogP) is 4.08. The quantitative estimate of drug-likeness (QED) is 0.684. The lowest BCUT2D eigenvalue weighted by atomic mass is 10.1. The van der Waals surface area contributed by atoms with Crippen molar-refractivity contribution in [2.24, 2.45) is 0 Å². The molecule has 0 spiro atoms. The second kappa shape index (κ2) is 6.76. The number of hydrogen-bond acceptors (Lipinski definition) is 5. The Morgan fingerprint density at radius 3 is 3.08 bits per heavy atom. The Balaban J connectivity index is 1.31. The van der Waals surface area contributed by atoms with Gasteiger partial charge >= 0.3 is 0 Å². The van der Waals surface area contributed by atoms with E-state index in [0.29, 0.717) is 6.54 Å². The number of thiophene rings is 1. The maximum absolute atomic E-state index is 13.0. The van der Waals surface area contributed by atoms with Crippen LogP contribution in [0, 0.1) is 0 Å². The zero-order chi connectivity index (χ0) is 17.5. The topological polar surface area (TPSA) is 36.4 Å². The Bertz CT molecular complexity index is 914. The van der Waals surface area contributed by atoms with E-state index in [-0.39, 0.29) is 11.9 Å². The number of fused-ring (bicyclic) bond motifs is 2. The first kappa shape index (κ1) is 16.4. The Morgan fingerprint density at radius 1 is 1.23 bits per heavy atom. The standard InChI is InChI=1S/C20H21N3OS2/c24-19(13-22-10-7-17-14(12-22)8-11-25-17)23-9-3-5-16(23)20-21-15-4-1-2-6-18(15)26-20/h1-2,4,6,8,11,16H,3,5,7,9-10,12-13H2. The van der Waals surface area contributed by atoms with Crippen molar-refractivity contribution in [3.63, 3.8) is 0 Å². The lowest BCUT2D eigenvalue weighted by Gasteiger charge is -2.30. The maximum atomic E-state index is 13.0. The van der Waals surface area contributed by atoms with Crippen LogP contribution in [0.2, 0.25) is 0 Å². The van der Waals surface area contributed by atoms with E-state index in [1.807, 2.05) is 17.4 Å². The number of carbonyl (C=O) groups excluding carboxylic acids is 1. The minimum atomic E-state index is 0.154. The molecule has 5 rings (SSSR count). The third kappa shape index (κ3) is 2.96. The normalized spacial score (nSPS) is 20.6. The predicted molar refractivity (Wildman–Crippen MR) is 107 cm³/mol. The van der Waals surface area contributed by atoms with Gasteiger partial charge in [0.2, 0.25) is 5.91 Å². The molecule has 26 heavy (non-hydrogen) atoms. The Hall–Kier alpha value is -1.76. The van der Waals surface area contributed by atoms with Crippen molar-refractivity contribution in [3.8, 4) is 0 Å². The van der Waals surface area contributed by atoms with Gasteiger partial charge in [-0.3, -0.25) is 9.69 Å². The van der Waals surface area contributed by atoms with Gasteiger partial charge in [-0.2, -0.15) is 0 Å². The second-order valence-corrected chi connectivity index (χ2v) is 9.16. The maximum Gasteiger partial charge on any atom is 0.237 e. The van der Waals surface area contributed by atoms with Gasteiger partial charge in [0, 0.05) is 24.5 Å². The highest BCUT2D eigenvalue weighted by atomic mass is 32.1. The summed E-state index contributed by atoms with van der Waals surface area (Å²) in [6.45, 7) is 3.27. The van der Waals surface area contributed by atoms with Crippen LogP contribution in [0.15, 0.2) is 35.7 Å². The first-order valence-electron chi connectivity index (χ1n) is 9.20. The van der Waals surface area contributed by atoms with Crippen molar-refractivity contribution >= 4 is 38.8 Å². The van der Waals surface area contributed by atoms with Crippen LogP contribution in [-0.4, -0.2) is 40.3 Å². The van der Waals surface area contributed by atoms with Gasteiger partial charge in [-0.1, -0.05) is 12.1 Å². The molecule has 0 N–H and O–H groups in total. The molecule has 1 unspecified atom stereocenters. The van der Waals surface area contributed by atoms with Gasteiger partial charge in [-0.05, 0) is 48.4 Å². The summed E-state index contributed by atoms with van der Waals surface area (Å²) in [6.07, 6.45) is 3.17. The molecule has 0 aliphatic carbocycles. The van der Waals surface area contributed by atoms with Crippen molar-refractivity contribution in [2.45, 2.75) is 31.8 Å². The van der Waals surface area contributed by atoms with Gasteiger partial charge in [0.1, 0.15) is 5.01 Å². The van der Waals surface area contributed by atoms with Crippen molar-refractivity contribution in [3.05, 3.63) is 51.2 Å². The fourth-order valence-corrected chi connectivity index (χ4v) is 6.08. The number of nitrogens with zero attached hydrogens (tertiary/aromatic N) is 3. The van der Waals surface area contributed by atoms with Gasteiger partial charge in [0.25, 0.3) is 0 Å². The van der Waals surface area contributed by atoms with E-state index in [1.165, 1.54) is 15.1 Å². The van der Waals surface area contributed by atoms with Crippen LogP contribution in [0.5, 0.6) is 0 Å². The number of likely N-dealkylation sites (tertiary alicyclic amines) is 1. The van der Waals surface area contributed by atoms with Crippen LogP contribution < -0.4 is 0 Å². The Labute approximate surface area is 161 Å². The van der Waals surface area contributed by atoms with E-state index in [4.69, 9.17) is 4.98 Å². The molecule has 134 valence electrons. The molecule has 2 aliphatic rings. The van der Waals surface area contributed by atoms with E-state index in [1.54, 1.807) is 11.3 Å². The summed E-state index contributed by atoms with van der Waals surface area (Å²) in [5.41, 5.74) is 2.45. The lowest BCUT2D eigenvalue weighted by Crippen LogP contribution is -2.41. The van der Waals surface area contributed by atoms with Gasteiger partial charge in [-0.15, -0.1) is 22.7 Å².